The standard InChI is InChI=1S/C14H12F2N2O5/c1-8-4-13(18-23-8)21-7-14(20)22-6-12(19)17-9-2-3-10(15)11(16)5-9/h2-5H,6-7H2,1H3,(H,17,19). The van der Waals surface area contributed by atoms with Crippen molar-refractivity contribution >= 4 is 17.6 Å². The van der Waals surface area contributed by atoms with Crippen LogP contribution in [0.15, 0.2) is 28.8 Å². The average Bonchev–Trinajstić information content (AvgIpc) is 2.92. The number of aromatic nitrogens is 1. The number of nitrogens with zero attached hydrogens (tertiary/aromatic N) is 1. The highest BCUT2D eigenvalue weighted by Crippen LogP contribution is 2.13. The molecule has 7 nitrogen and oxygen atoms in total. The van der Waals surface area contributed by atoms with Crippen LogP contribution >= 0.6 is 0 Å². The third-order valence-corrected chi connectivity index (χ3v) is 2.51. The molecule has 1 heterocycles. The number of amides is 1. The van der Waals surface area contributed by atoms with Crippen molar-refractivity contribution in [3.05, 3.63) is 41.7 Å². The molecule has 0 radical (unpaired) electrons. The van der Waals surface area contributed by atoms with E-state index in [0.717, 1.165) is 12.1 Å². The summed E-state index contributed by atoms with van der Waals surface area (Å²) in [5, 5.41) is 5.76. The van der Waals surface area contributed by atoms with E-state index in [9.17, 15) is 18.4 Å². The van der Waals surface area contributed by atoms with Gasteiger partial charge in [-0.15, -0.1) is 0 Å². The summed E-state index contributed by atoms with van der Waals surface area (Å²) in [5.41, 5.74) is 0.0410. The van der Waals surface area contributed by atoms with Gasteiger partial charge in [-0.2, -0.15) is 0 Å². The first-order valence-electron chi connectivity index (χ1n) is 6.40. The highest BCUT2D eigenvalue weighted by atomic mass is 19.2. The molecule has 0 fully saturated rings. The van der Waals surface area contributed by atoms with Crippen molar-refractivity contribution in [1.29, 1.82) is 0 Å². The molecule has 122 valence electrons. The second-order valence-corrected chi connectivity index (χ2v) is 4.40. The molecule has 1 aromatic heterocycles. The lowest BCUT2D eigenvalue weighted by molar-refractivity contribution is -0.149. The highest BCUT2D eigenvalue weighted by molar-refractivity contribution is 5.92. The largest absolute Gasteiger partial charge is 0.463 e. The van der Waals surface area contributed by atoms with E-state index in [1.54, 1.807) is 6.92 Å². The molecule has 2 rings (SSSR count). The maximum Gasteiger partial charge on any atom is 0.344 e. The Morgan fingerprint density at radius 2 is 2.00 bits per heavy atom. The fourth-order valence-corrected chi connectivity index (χ4v) is 1.50. The van der Waals surface area contributed by atoms with E-state index >= 15 is 0 Å². The van der Waals surface area contributed by atoms with Gasteiger partial charge in [0.15, 0.2) is 24.8 Å². The molecule has 0 bridgehead atoms. The third kappa shape index (κ3) is 5.06. The van der Waals surface area contributed by atoms with E-state index in [1.807, 2.05) is 0 Å². The number of ether oxygens (including phenoxy) is 2. The van der Waals surface area contributed by atoms with Gasteiger partial charge in [-0.1, -0.05) is 0 Å². The number of hydrogen-bond acceptors (Lipinski definition) is 6. The molecule has 0 aliphatic heterocycles. The fourth-order valence-electron chi connectivity index (χ4n) is 1.50. The summed E-state index contributed by atoms with van der Waals surface area (Å²) >= 11 is 0. The summed E-state index contributed by atoms with van der Waals surface area (Å²) in [6, 6.07) is 4.33. The quantitative estimate of drug-likeness (QED) is 0.814. The highest BCUT2D eigenvalue weighted by Gasteiger charge is 2.11. The lowest BCUT2D eigenvalue weighted by Gasteiger charge is -2.07. The molecule has 0 spiro atoms. The molecule has 0 atom stereocenters. The van der Waals surface area contributed by atoms with Crippen molar-refractivity contribution in [1.82, 2.24) is 5.16 Å². The summed E-state index contributed by atoms with van der Waals surface area (Å²) < 4.78 is 40.1. The molecule has 9 heteroatoms. The van der Waals surface area contributed by atoms with Crippen LogP contribution in [0.1, 0.15) is 5.76 Å². The van der Waals surface area contributed by atoms with Crippen LogP contribution in [0.5, 0.6) is 5.88 Å². The minimum atomic E-state index is -1.10. The van der Waals surface area contributed by atoms with E-state index < -0.39 is 36.7 Å². The van der Waals surface area contributed by atoms with Crippen molar-refractivity contribution < 1.29 is 32.4 Å². The van der Waals surface area contributed by atoms with Gasteiger partial charge in [0.05, 0.1) is 0 Å². The van der Waals surface area contributed by atoms with Crippen LogP contribution in [-0.2, 0) is 14.3 Å². The van der Waals surface area contributed by atoms with Crippen LogP contribution in [-0.4, -0.2) is 30.2 Å². The normalized spacial score (nSPS) is 10.2. The number of anilines is 1. The number of carbonyl (C=O) groups is 2. The Hall–Kier alpha value is -2.97. The number of halogens is 2. The van der Waals surface area contributed by atoms with Crippen LogP contribution < -0.4 is 10.1 Å². The molecule has 1 N–H and O–H groups in total. The maximum absolute atomic E-state index is 13.0. The lowest BCUT2D eigenvalue weighted by atomic mass is 10.3. The molecule has 0 unspecified atom stereocenters. The molecule has 2 aromatic rings. The molecule has 0 aliphatic rings. The summed E-state index contributed by atoms with van der Waals surface area (Å²) in [6.07, 6.45) is 0. The van der Waals surface area contributed by atoms with Crippen molar-refractivity contribution in [3.63, 3.8) is 0 Å². The Labute approximate surface area is 129 Å². The van der Waals surface area contributed by atoms with Gasteiger partial charge in [-0.3, -0.25) is 4.79 Å². The molecular weight excluding hydrogens is 314 g/mol. The minimum Gasteiger partial charge on any atom is -0.463 e. The zero-order valence-corrected chi connectivity index (χ0v) is 12.0. The third-order valence-electron chi connectivity index (χ3n) is 2.51. The van der Waals surface area contributed by atoms with Gasteiger partial charge in [-0.25, -0.2) is 13.6 Å². The Morgan fingerprint density at radius 3 is 2.65 bits per heavy atom. The van der Waals surface area contributed by atoms with Crippen molar-refractivity contribution in [3.8, 4) is 5.88 Å². The van der Waals surface area contributed by atoms with Gasteiger partial charge in [0.25, 0.3) is 11.8 Å². The molecule has 0 saturated heterocycles. The van der Waals surface area contributed by atoms with Gasteiger partial charge in [0, 0.05) is 17.8 Å². The Balaban J connectivity index is 1.73. The predicted octanol–water partition coefficient (Wildman–Crippen LogP) is 1.82. The Morgan fingerprint density at radius 1 is 1.22 bits per heavy atom. The Bertz CT molecular complexity index is 717. The minimum absolute atomic E-state index is 0.0410. The molecule has 0 aliphatic carbocycles. The zero-order valence-electron chi connectivity index (χ0n) is 12.0. The molecule has 23 heavy (non-hydrogen) atoms. The van der Waals surface area contributed by atoms with Gasteiger partial charge in [0.2, 0.25) is 0 Å². The van der Waals surface area contributed by atoms with Gasteiger partial charge < -0.3 is 19.3 Å². The van der Waals surface area contributed by atoms with Crippen LogP contribution in [0.2, 0.25) is 0 Å². The van der Waals surface area contributed by atoms with Crippen molar-refractivity contribution in [2.24, 2.45) is 0 Å². The number of nitrogens with one attached hydrogen (secondary N) is 1. The Kier molecular flexibility index (Phi) is 5.23. The first-order valence-corrected chi connectivity index (χ1v) is 6.40. The second-order valence-electron chi connectivity index (χ2n) is 4.40. The summed E-state index contributed by atoms with van der Waals surface area (Å²) in [7, 11) is 0. The van der Waals surface area contributed by atoms with Crippen LogP contribution in [0.25, 0.3) is 0 Å². The van der Waals surface area contributed by atoms with E-state index in [2.05, 4.69) is 15.2 Å². The average molecular weight is 326 g/mol. The summed E-state index contributed by atoms with van der Waals surface area (Å²) in [4.78, 5) is 22.9. The number of esters is 1. The van der Waals surface area contributed by atoms with Crippen LogP contribution in [0.3, 0.4) is 0 Å². The maximum atomic E-state index is 13.0. The van der Waals surface area contributed by atoms with Crippen molar-refractivity contribution in [2.75, 3.05) is 18.5 Å². The lowest BCUT2D eigenvalue weighted by Crippen LogP contribution is -2.23. The number of benzene rings is 1. The van der Waals surface area contributed by atoms with E-state index in [4.69, 9.17) is 9.26 Å². The van der Waals surface area contributed by atoms with Gasteiger partial charge >= 0.3 is 5.97 Å². The smallest absolute Gasteiger partial charge is 0.344 e. The second kappa shape index (κ2) is 7.34. The molecular formula is C14H12F2N2O5. The fraction of sp³-hybridized carbons (Fsp3) is 0.214. The first kappa shape index (κ1) is 16.4. The predicted molar refractivity (Wildman–Crippen MR) is 72.7 cm³/mol. The first-order chi connectivity index (χ1) is 10.9. The van der Waals surface area contributed by atoms with Crippen molar-refractivity contribution in [2.45, 2.75) is 6.92 Å². The van der Waals surface area contributed by atoms with E-state index in [-0.39, 0.29) is 11.6 Å². The number of hydrogen-bond donors (Lipinski definition) is 1. The van der Waals surface area contributed by atoms with Gasteiger partial charge in [-0.05, 0) is 24.2 Å². The van der Waals surface area contributed by atoms with Gasteiger partial charge in [0.1, 0.15) is 5.76 Å². The molecule has 1 amide bonds. The van der Waals surface area contributed by atoms with E-state index in [0.29, 0.717) is 5.76 Å². The van der Waals surface area contributed by atoms with Crippen LogP contribution in [0.4, 0.5) is 14.5 Å². The number of carbonyl (C=O) groups excluding carboxylic acids is 2. The van der Waals surface area contributed by atoms with E-state index in [1.165, 1.54) is 12.1 Å². The summed E-state index contributed by atoms with van der Waals surface area (Å²) in [6.45, 7) is 0.601. The number of rotatable bonds is 6. The molecule has 0 saturated carbocycles. The topological polar surface area (TPSA) is 90.7 Å². The monoisotopic (exact) mass is 326 g/mol. The zero-order chi connectivity index (χ0) is 16.8. The number of aryl methyl sites for hydroxylation is 1. The molecule has 1 aromatic carbocycles. The summed E-state index contributed by atoms with van der Waals surface area (Å²) in [5.74, 6) is -3.01. The van der Waals surface area contributed by atoms with Crippen LogP contribution in [0, 0.1) is 18.6 Å². The SMILES string of the molecule is Cc1cc(OCC(=O)OCC(=O)Nc2ccc(F)c(F)c2)no1.